The summed E-state index contributed by atoms with van der Waals surface area (Å²) in [6.45, 7) is 4.48. The first kappa shape index (κ1) is 32.8. The van der Waals surface area contributed by atoms with Crippen molar-refractivity contribution in [1.82, 2.24) is 0 Å². The number of hydrogen-bond donors (Lipinski definition) is 1. The first-order valence-electron chi connectivity index (χ1n) is 19.2. The van der Waals surface area contributed by atoms with Crippen molar-refractivity contribution in [1.29, 1.82) is 0 Å². The standard InChI is InChI=1S/C52H41N3/c1-35-18-9-15-30-47(35)54(41-24-5-3-6-25-41)51-43-28-13-11-20-37(43)33-45-49(51)39-22-17-23-40(32-39)50-46(53-45)34-38-21-12-14-29-44(38)52(50)55(42-26-7-4-8-27-42)48-31-16-10-19-36(48)2/h3-30,32-34,48,53H,31H2,1-2H3. The van der Waals surface area contributed by atoms with Crippen molar-refractivity contribution in [2.45, 2.75) is 26.3 Å². The summed E-state index contributed by atoms with van der Waals surface area (Å²) in [5.74, 6) is 0. The zero-order valence-electron chi connectivity index (χ0n) is 31.1. The highest BCUT2D eigenvalue weighted by molar-refractivity contribution is 6.15. The maximum Gasteiger partial charge on any atom is 0.0639 e. The van der Waals surface area contributed by atoms with Crippen LogP contribution in [0.5, 0.6) is 0 Å². The molecule has 1 N–H and O–H groups in total. The number of para-hydroxylation sites is 3. The predicted octanol–water partition coefficient (Wildman–Crippen LogP) is 14.6. The highest BCUT2D eigenvalue weighted by atomic mass is 15.2. The third kappa shape index (κ3) is 5.59. The summed E-state index contributed by atoms with van der Waals surface area (Å²) in [6, 6.07) is 62.2. The van der Waals surface area contributed by atoms with E-state index in [2.05, 4.69) is 217 Å². The quantitative estimate of drug-likeness (QED) is 0.186. The van der Waals surface area contributed by atoms with Crippen LogP contribution < -0.4 is 15.1 Å². The molecule has 0 amide bonds. The number of aryl methyl sites for hydroxylation is 1. The predicted molar refractivity (Wildman–Crippen MR) is 235 cm³/mol. The minimum atomic E-state index is 0.160. The summed E-state index contributed by atoms with van der Waals surface area (Å²) < 4.78 is 0. The summed E-state index contributed by atoms with van der Waals surface area (Å²) in [5.41, 5.74) is 15.3. The van der Waals surface area contributed by atoms with E-state index in [0.29, 0.717) is 0 Å². The van der Waals surface area contributed by atoms with Gasteiger partial charge >= 0.3 is 0 Å². The average molecular weight is 708 g/mol. The molecule has 0 spiro atoms. The van der Waals surface area contributed by atoms with Gasteiger partial charge in [0, 0.05) is 50.3 Å². The first-order valence-corrected chi connectivity index (χ1v) is 19.2. The van der Waals surface area contributed by atoms with Gasteiger partial charge in [-0.25, -0.2) is 0 Å². The molecule has 0 saturated carbocycles. The van der Waals surface area contributed by atoms with Crippen molar-refractivity contribution in [2.75, 3.05) is 15.1 Å². The highest BCUT2D eigenvalue weighted by Gasteiger charge is 2.31. The lowest BCUT2D eigenvalue weighted by Gasteiger charge is -2.38. The number of fused-ring (bicyclic) bond motifs is 8. The number of benzene rings is 8. The molecule has 8 aromatic carbocycles. The molecule has 55 heavy (non-hydrogen) atoms. The molecular weight excluding hydrogens is 667 g/mol. The zero-order valence-corrected chi connectivity index (χ0v) is 31.1. The topological polar surface area (TPSA) is 18.5 Å². The second kappa shape index (κ2) is 13.5. The van der Waals surface area contributed by atoms with Gasteiger partial charge in [0.2, 0.25) is 0 Å². The molecule has 2 aliphatic rings. The number of allylic oxidation sites excluding steroid dienone is 2. The number of nitrogens with one attached hydrogen (secondary N) is 1. The van der Waals surface area contributed by atoms with Gasteiger partial charge < -0.3 is 15.1 Å². The summed E-state index contributed by atoms with van der Waals surface area (Å²) in [4.78, 5) is 5.05. The fourth-order valence-corrected chi connectivity index (χ4v) is 8.76. The molecule has 3 nitrogen and oxygen atoms in total. The molecular formula is C52H41N3. The van der Waals surface area contributed by atoms with E-state index in [9.17, 15) is 0 Å². The smallest absolute Gasteiger partial charge is 0.0639 e. The van der Waals surface area contributed by atoms with Crippen LogP contribution in [0.25, 0.3) is 43.8 Å². The molecule has 3 heteroatoms. The third-order valence-corrected chi connectivity index (χ3v) is 11.3. The number of rotatable bonds is 6. The highest BCUT2D eigenvalue weighted by Crippen LogP contribution is 2.54. The largest absolute Gasteiger partial charge is 0.354 e. The van der Waals surface area contributed by atoms with Crippen molar-refractivity contribution in [2.24, 2.45) is 0 Å². The molecule has 2 bridgehead atoms. The van der Waals surface area contributed by atoms with Crippen LogP contribution >= 0.6 is 0 Å². The van der Waals surface area contributed by atoms with Crippen LogP contribution in [-0.4, -0.2) is 6.04 Å². The van der Waals surface area contributed by atoms with E-state index >= 15 is 0 Å². The molecule has 0 aromatic heterocycles. The fraction of sp³-hybridized carbons (Fsp3) is 0.0769. The van der Waals surface area contributed by atoms with Gasteiger partial charge in [0.25, 0.3) is 0 Å². The van der Waals surface area contributed by atoms with Crippen LogP contribution in [0.2, 0.25) is 0 Å². The van der Waals surface area contributed by atoms with Crippen LogP contribution in [-0.2, 0) is 0 Å². The normalized spacial score (nSPS) is 14.3. The van der Waals surface area contributed by atoms with E-state index in [1.165, 1.54) is 66.3 Å². The Morgan fingerprint density at radius 1 is 0.527 bits per heavy atom. The molecule has 1 heterocycles. The molecule has 1 atom stereocenters. The Balaban J connectivity index is 1.30. The Morgan fingerprint density at radius 3 is 1.75 bits per heavy atom. The van der Waals surface area contributed by atoms with E-state index in [1.54, 1.807) is 0 Å². The van der Waals surface area contributed by atoms with E-state index in [1.807, 2.05) is 0 Å². The van der Waals surface area contributed by atoms with Crippen molar-refractivity contribution >= 4 is 61.4 Å². The second-order valence-corrected chi connectivity index (χ2v) is 14.7. The van der Waals surface area contributed by atoms with Gasteiger partial charge in [-0.1, -0.05) is 145 Å². The summed E-state index contributed by atoms with van der Waals surface area (Å²) in [5, 5.41) is 8.94. The zero-order chi connectivity index (χ0) is 36.9. The Bertz CT molecular complexity index is 2800. The molecule has 0 radical (unpaired) electrons. The molecule has 0 saturated heterocycles. The van der Waals surface area contributed by atoms with Gasteiger partial charge in [-0.15, -0.1) is 0 Å². The molecule has 264 valence electrons. The van der Waals surface area contributed by atoms with Gasteiger partial charge in [0.05, 0.1) is 17.4 Å². The first-order chi connectivity index (χ1) is 27.1. The average Bonchev–Trinajstić information content (AvgIpc) is 3.23. The van der Waals surface area contributed by atoms with Crippen LogP contribution in [0.3, 0.4) is 0 Å². The van der Waals surface area contributed by atoms with E-state index in [0.717, 1.165) is 34.9 Å². The minimum Gasteiger partial charge on any atom is -0.354 e. The minimum absolute atomic E-state index is 0.160. The Kier molecular flexibility index (Phi) is 8.07. The van der Waals surface area contributed by atoms with Gasteiger partial charge in [0.15, 0.2) is 0 Å². The maximum atomic E-state index is 4.13. The molecule has 1 aliphatic carbocycles. The van der Waals surface area contributed by atoms with Crippen LogP contribution in [0.4, 0.5) is 39.8 Å². The lowest BCUT2D eigenvalue weighted by atomic mass is 9.87. The van der Waals surface area contributed by atoms with E-state index in [-0.39, 0.29) is 6.04 Å². The Hall–Kier alpha value is -6.84. The monoisotopic (exact) mass is 707 g/mol. The lowest BCUT2D eigenvalue weighted by Crippen LogP contribution is -2.33. The molecule has 0 fully saturated rings. The molecule has 8 aromatic rings. The van der Waals surface area contributed by atoms with Gasteiger partial charge in [-0.05, 0) is 96.3 Å². The van der Waals surface area contributed by atoms with Crippen molar-refractivity contribution in [3.05, 3.63) is 199 Å². The van der Waals surface area contributed by atoms with E-state index in [4.69, 9.17) is 0 Å². The fourth-order valence-electron chi connectivity index (χ4n) is 8.76. The molecule has 1 unspecified atom stereocenters. The number of nitrogens with zero attached hydrogens (tertiary/aromatic N) is 2. The number of hydrogen-bond acceptors (Lipinski definition) is 3. The van der Waals surface area contributed by atoms with Gasteiger partial charge in [-0.2, -0.15) is 0 Å². The van der Waals surface area contributed by atoms with Crippen molar-refractivity contribution < 1.29 is 0 Å². The maximum absolute atomic E-state index is 4.13. The van der Waals surface area contributed by atoms with E-state index < -0.39 is 0 Å². The number of anilines is 7. The SMILES string of the molecule is CC1=CC=CCC1N(c1ccccc1)c1c2c(cc3ccccc13)Nc1cc3ccccc3c(N(c3ccccc3)c3ccccc3C)c1-c1cccc-2c1. The lowest BCUT2D eigenvalue weighted by molar-refractivity contribution is 0.744. The summed E-state index contributed by atoms with van der Waals surface area (Å²) in [6.07, 6.45) is 7.70. The summed E-state index contributed by atoms with van der Waals surface area (Å²) >= 11 is 0. The van der Waals surface area contributed by atoms with Crippen LogP contribution in [0, 0.1) is 6.92 Å². The van der Waals surface area contributed by atoms with Crippen LogP contribution in [0.15, 0.2) is 194 Å². The van der Waals surface area contributed by atoms with Crippen LogP contribution in [0.1, 0.15) is 18.9 Å². The van der Waals surface area contributed by atoms with Crippen molar-refractivity contribution in [3.8, 4) is 22.3 Å². The molecule has 10 rings (SSSR count). The Labute approximate surface area is 323 Å². The van der Waals surface area contributed by atoms with Gasteiger partial charge in [0.1, 0.15) is 0 Å². The third-order valence-electron chi connectivity index (χ3n) is 11.3. The Morgan fingerprint density at radius 2 is 1.09 bits per heavy atom. The second-order valence-electron chi connectivity index (χ2n) is 14.7. The summed E-state index contributed by atoms with van der Waals surface area (Å²) in [7, 11) is 0. The molecule has 1 aliphatic heterocycles. The van der Waals surface area contributed by atoms with Gasteiger partial charge in [-0.3, -0.25) is 0 Å². The van der Waals surface area contributed by atoms with Crippen molar-refractivity contribution in [3.63, 3.8) is 0 Å².